The smallest absolute Gasteiger partial charge is 0.324 e. The van der Waals surface area contributed by atoms with Crippen molar-refractivity contribution in [2.75, 3.05) is 16.0 Å². The molecule has 3 rings (SSSR count). The van der Waals surface area contributed by atoms with Crippen LogP contribution < -0.4 is 16.0 Å². The summed E-state index contributed by atoms with van der Waals surface area (Å²) in [6.07, 6.45) is 1.69. The van der Waals surface area contributed by atoms with Crippen LogP contribution in [0.5, 0.6) is 0 Å². The molecule has 0 atom stereocenters. The average molecular weight is 346 g/mol. The quantitative estimate of drug-likeness (QED) is 0.564. The van der Waals surface area contributed by atoms with E-state index in [1.165, 1.54) is 5.56 Å². The summed E-state index contributed by atoms with van der Waals surface area (Å²) in [6, 6.07) is 20.9. The maximum absolute atomic E-state index is 12.0. The second-order valence-corrected chi connectivity index (χ2v) is 6.28. The van der Waals surface area contributed by atoms with Crippen molar-refractivity contribution in [3.05, 3.63) is 78.5 Å². The summed E-state index contributed by atoms with van der Waals surface area (Å²) in [4.78, 5) is 16.2. The van der Waals surface area contributed by atoms with Crippen molar-refractivity contribution in [1.82, 2.24) is 4.98 Å². The zero-order valence-electron chi connectivity index (χ0n) is 14.9. The molecule has 0 aliphatic rings. The van der Waals surface area contributed by atoms with Crippen molar-refractivity contribution in [3.8, 4) is 0 Å². The molecule has 2 amide bonds. The molecular weight excluding hydrogens is 324 g/mol. The maximum atomic E-state index is 12.0. The van der Waals surface area contributed by atoms with Crippen molar-refractivity contribution in [3.63, 3.8) is 0 Å². The SMILES string of the molecule is CC(C)c1ccc(Nc2ccc(NC(=O)Nc3ccccc3)nc2)cc1. The van der Waals surface area contributed by atoms with E-state index < -0.39 is 0 Å². The molecule has 5 nitrogen and oxygen atoms in total. The van der Waals surface area contributed by atoms with Gasteiger partial charge in [0, 0.05) is 11.4 Å². The maximum Gasteiger partial charge on any atom is 0.324 e. The first-order chi connectivity index (χ1) is 12.6. The first-order valence-corrected chi connectivity index (χ1v) is 8.56. The molecular formula is C21H22N4O. The van der Waals surface area contributed by atoms with Crippen LogP contribution in [0.2, 0.25) is 0 Å². The molecule has 26 heavy (non-hydrogen) atoms. The van der Waals surface area contributed by atoms with Gasteiger partial charge in [-0.25, -0.2) is 9.78 Å². The Bertz CT molecular complexity index is 843. The van der Waals surface area contributed by atoms with Crippen LogP contribution in [0, 0.1) is 0 Å². The van der Waals surface area contributed by atoms with Gasteiger partial charge in [0.2, 0.25) is 0 Å². The highest BCUT2D eigenvalue weighted by molar-refractivity contribution is 5.99. The zero-order chi connectivity index (χ0) is 18.4. The number of carbonyl (C=O) groups excluding carboxylic acids is 1. The molecule has 1 heterocycles. The van der Waals surface area contributed by atoms with E-state index in [4.69, 9.17) is 0 Å². The number of rotatable bonds is 5. The number of aromatic nitrogens is 1. The Kier molecular flexibility index (Phi) is 5.49. The molecule has 0 saturated carbocycles. The number of pyridine rings is 1. The Balaban J connectivity index is 1.57. The zero-order valence-corrected chi connectivity index (χ0v) is 14.9. The standard InChI is InChI=1S/C21H22N4O/c1-15(2)16-8-10-18(11-9-16)23-19-12-13-20(22-14-19)25-21(26)24-17-6-4-3-5-7-17/h3-15,23H,1-2H3,(H2,22,24,25,26). The highest BCUT2D eigenvalue weighted by Crippen LogP contribution is 2.20. The van der Waals surface area contributed by atoms with E-state index in [1.54, 1.807) is 12.3 Å². The Morgan fingerprint density at radius 3 is 2.12 bits per heavy atom. The Morgan fingerprint density at radius 2 is 1.50 bits per heavy atom. The molecule has 3 N–H and O–H groups in total. The molecule has 3 aromatic rings. The predicted octanol–water partition coefficient (Wildman–Crippen LogP) is 5.59. The number of nitrogens with one attached hydrogen (secondary N) is 3. The minimum atomic E-state index is -0.325. The predicted molar refractivity (Wildman–Crippen MR) is 107 cm³/mol. The molecule has 0 bridgehead atoms. The van der Waals surface area contributed by atoms with E-state index >= 15 is 0 Å². The fourth-order valence-corrected chi connectivity index (χ4v) is 2.46. The summed E-state index contributed by atoms with van der Waals surface area (Å²) in [5.41, 5.74) is 3.89. The number of carbonyl (C=O) groups is 1. The van der Waals surface area contributed by atoms with Crippen LogP contribution in [0.1, 0.15) is 25.3 Å². The molecule has 0 saturated heterocycles. The van der Waals surface area contributed by atoms with E-state index in [0.717, 1.165) is 17.1 Å². The lowest BCUT2D eigenvalue weighted by Crippen LogP contribution is -2.19. The topological polar surface area (TPSA) is 66.0 Å². The Morgan fingerprint density at radius 1 is 0.808 bits per heavy atom. The number of hydrogen-bond donors (Lipinski definition) is 3. The van der Waals surface area contributed by atoms with Crippen molar-refractivity contribution in [1.29, 1.82) is 0 Å². The third-order valence-electron chi connectivity index (χ3n) is 3.90. The first kappa shape index (κ1) is 17.5. The van der Waals surface area contributed by atoms with E-state index in [1.807, 2.05) is 36.4 Å². The second-order valence-electron chi connectivity index (χ2n) is 6.28. The molecule has 0 radical (unpaired) electrons. The van der Waals surface area contributed by atoms with Crippen LogP contribution >= 0.6 is 0 Å². The van der Waals surface area contributed by atoms with E-state index in [-0.39, 0.29) is 6.03 Å². The number of amides is 2. The molecule has 2 aromatic carbocycles. The normalized spacial score (nSPS) is 10.4. The van der Waals surface area contributed by atoms with Gasteiger partial charge >= 0.3 is 6.03 Å². The van der Waals surface area contributed by atoms with Crippen LogP contribution in [0.3, 0.4) is 0 Å². The fourth-order valence-electron chi connectivity index (χ4n) is 2.46. The lowest BCUT2D eigenvalue weighted by molar-refractivity contribution is 0.262. The summed E-state index contributed by atoms with van der Waals surface area (Å²) in [5, 5.41) is 8.77. The highest BCUT2D eigenvalue weighted by atomic mass is 16.2. The first-order valence-electron chi connectivity index (χ1n) is 8.56. The van der Waals surface area contributed by atoms with Crippen LogP contribution in [0.25, 0.3) is 0 Å². The molecule has 0 unspecified atom stereocenters. The van der Waals surface area contributed by atoms with Gasteiger partial charge in [-0.15, -0.1) is 0 Å². The highest BCUT2D eigenvalue weighted by Gasteiger charge is 2.04. The van der Waals surface area contributed by atoms with Crippen molar-refractivity contribution in [2.24, 2.45) is 0 Å². The van der Waals surface area contributed by atoms with Crippen LogP contribution in [0.15, 0.2) is 72.9 Å². The summed E-state index contributed by atoms with van der Waals surface area (Å²) in [7, 11) is 0. The lowest BCUT2D eigenvalue weighted by atomic mass is 10.0. The number of anilines is 4. The largest absolute Gasteiger partial charge is 0.354 e. The van der Waals surface area contributed by atoms with Gasteiger partial charge in [-0.1, -0.05) is 44.2 Å². The van der Waals surface area contributed by atoms with Gasteiger partial charge in [-0.05, 0) is 47.9 Å². The molecule has 0 aliphatic carbocycles. The van der Waals surface area contributed by atoms with E-state index in [9.17, 15) is 4.79 Å². The average Bonchev–Trinajstić information content (AvgIpc) is 2.64. The minimum absolute atomic E-state index is 0.325. The van der Waals surface area contributed by atoms with Gasteiger partial charge in [0.05, 0.1) is 11.9 Å². The van der Waals surface area contributed by atoms with E-state index in [0.29, 0.717) is 11.7 Å². The molecule has 5 heteroatoms. The molecule has 0 spiro atoms. The number of urea groups is 1. The van der Waals surface area contributed by atoms with Gasteiger partial charge < -0.3 is 10.6 Å². The van der Waals surface area contributed by atoms with Gasteiger partial charge in [0.15, 0.2) is 0 Å². The number of hydrogen-bond acceptors (Lipinski definition) is 3. The summed E-state index contributed by atoms with van der Waals surface area (Å²) in [5.74, 6) is 0.997. The summed E-state index contributed by atoms with van der Waals surface area (Å²) in [6.45, 7) is 4.35. The lowest BCUT2D eigenvalue weighted by Gasteiger charge is -2.10. The van der Waals surface area contributed by atoms with Crippen molar-refractivity contribution < 1.29 is 4.79 Å². The summed E-state index contributed by atoms with van der Waals surface area (Å²) < 4.78 is 0. The Labute approximate surface area is 153 Å². The molecule has 132 valence electrons. The minimum Gasteiger partial charge on any atom is -0.354 e. The van der Waals surface area contributed by atoms with Crippen molar-refractivity contribution >= 4 is 28.9 Å². The Hall–Kier alpha value is -3.34. The third kappa shape index (κ3) is 4.83. The van der Waals surface area contributed by atoms with Gasteiger partial charge in [0.25, 0.3) is 0 Å². The number of para-hydroxylation sites is 1. The van der Waals surface area contributed by atoms with Gasteiger partial charge in [-0.3, -0.25) is 5.32 Å². The second kappa shape index (κ2) is 8.16. The summed E-state index contributed by atoms with van der Waals surface area (Å²) >= 11 is 0. The molecule has 0 fully saturated rings. The number of nitrogens with zero attached hydrogens (tertiary/aromatic N) is 1. The van der Waals surface area contributed by atoms with Crippen LogP contribution in [-0.4, -0.2) is 11.0 Å². The van der Waals surface area contributed by atoms with Gasteiger partial charge in [0.1, 0.15) is 5.82 Å². The van der Waals surface area contributed by atoms with Crippen LogP contribution in [0.4, 0.5) is 27.7 Å². The molecule has 0 aliphatic heterocycles. The molecule has 1 aromatic heterocycles. The number of benzene rings is 2. The van der Waals surface area contributed by atoms with E-state index in [2.05, 4.69) is 59.0 Å². The third-order valence-corrected chi connectivity index (χ3v) is 3.90. The fraction of sp³-hybridized carbons (Fsp3) is 0.143. The van der Waals surface area contributed by atoms with Crippen LogP contribution in [-0.2, 0) is 0 Å². The van der Waals surface area contributed by atoms with Crippen molar-refractivity contribution in [2.45, 2.75) is 19.8 Å². The monoisotopic (exact) mass is 346 g/mol. The van der Waals surface area contributed by atoms with Gasteiger partial charge in [-0.2, -0.15) is 0 Å².